The maximum absolute atomic E-state index is 11.7. The van der Waals surface area contributed by atoms with Gasteiger partial charge in [0, 0.05) is 6.07 Å². The van der Waals surface area contributed by atoms with Gasteiger partial charge in [-0.3, -0.25) is 4.55 Å². The van der Waals surface area contributed by atoms with Crippen molar-refractivity contribution in [2.45, 2.75) is 82.4 Å². The quantitative estimate of drug-likeness (QED) is 0.250. The van der Waals surface area contributed by atoms with E-state index in [4.69, 9.17) is 4.74 Å². The van der Waals surface area contributed by atoms with E-state index in [1.165, 1.54) is 44.9 Å². The summed E-state index contributed by atoms with van der Waals surface area (Å²) in [5, 5.41) is 10.4. The molecule has 0 aliphatic rings. The fraction of sp³-hybridized carbons (Fsp3) is 0.500. The van der Waals surface area contributed by atoms with Crippen LogP contribution in [0.1, 0.15) is 76.7 Å². The third-order valence-electron chi connectivity index (χ3n) is 5.18. The molecule has 2 aromatic rings. The summed E-state index contributed by atoms with van der Waals surface area (Å²) in [7, 11) is -4.55. The Balaban J connectivity index is 1.92. The average molecular weight is 435 g/mol. The molecule has 0 bridgehead atoms. The second-order valence-electron chi connectivity index (χ2n) is 7.75. The van der Waals surface area contributed by atoms with E-state index in [0.29, 0.717) is 17.7 Å². The van der Waals surface area contributed by atoms with Crippen molar-refractivity contribution in [2.75, 3.05) is 0 Å². The molecule has 0 aromatic heterocycles. The predicted molar refractivity (Wildman–Crippen MR) is 120 cm³/mol. The highest BCUT2D eigenvalue weighted by Crippen LogP contribution is 2.35. The largest absolute Gasteiger partial charge is 0.506 e. The van der Waals surface area contributed by atoms with E-state index in [2.05, 4.69) is 6.92 Å². The number of aromatic hydroxyl groups is 1. The van der Waals surface area contributed by atoms with Crippen molar-refractivity contribution in [3.05, 3.63) is 48.0 Å². The maximum atomic E-state index is 11.7. The molecule has 0 aliphatic heterocycles. The van der Waals surface area contributed by atoms with Gasteiger partial charge in [-0.1, -0.05) is 82.9 Å². The minimum Gasteiger partial charge on any atom is -0.506 e. The topological polar surface area (TPSA) is 83.8 Å². The van der Waals surface area contributed by atoms with Crippen molar-refractivity contribution in [3.63, 3.8) is 0 Å². The van der Waals surface area contributed by atoms with Gasteiger partial charge in [0.1, 0.15) is 22.1 Å². The summed E-state index contributed by atoms with van der Waals surface area (Å²) in [6.07, 6.45) is 12.5. The first kappa shape index (κ1) is 24.2. The number of benzene rings is 2. The summed E-state index contributed by atoms with van der Waals surface area (Å²) in [6.45, 7) is 2.22. The van der Waals surface area contributed by atoms with Gasteiger partial charge in [0.15, 0.2) is 0 Å². The Morgan fingerprint density at radius 1 is 0.800 bits per heavy atom. The summed E-state index contributed by atoms with van der Waals surface area (Å²) in [5.41, 5.74) is 0.468. The number of para-hydroxylation sites is 1. The molecule has 0 heterocycles. The SMILES string of the molecule is CCCCCCCCCCCCc1cc(Oc2ccccc2)cc(S(=O)(=O)O)c1O. The van der Waals surface area contributed by atoms with E-state index in [9.17, 15) is 18.1 Å². The molecule has 6 heteroatoms. The van der Waals surface area contributed by atoms with Crippen molar-refractivity contribution < 1.29 is 22.8 Å². The molecule has 0 saturated carbocycles. The Bertz CT molecular complexity index is 863. The number of ether oxygens (including phenoxy) is 1. The van der Waals surface area contributed by atoms with Crippen LogP contribution in [0.15, 0.2) is 47.4 Å². The molecular weight excluding hydrogens is 400 g/mol. The number of unbranched alkanes of at least 4 members (excludes halogenated alkanes) is 9. The summed E-state index contributed by atoms with van der Waals surface area (Å²) in [4.78, 5) is -0.516. The molecule has 0 unspecified atom stereocenters. The smallest absolute Gasteiger partial charge is 0.298 e. The van der Waals surface area contributed by atoms with E-state index in [1.54, 1.807) is 18.2 Å². The van der Waals surface area contributed by atoms with Crippen LogP contribution in [0.5, 0.6) is 17.2 Å². The van der Waals surface area contributed by atoms with Gasteiger partial charge in [0.2, 0.25) is 0 Å². The monoisotopic (exact) mass is 434 g/mol. The number of hydrogen-bond donors (Lipinski definition) is 2. The molecule has 30 heavy (non-hydrogen) atoms. The molecule has 2 N–H and O–H groups in total. The van der Waals surface area contributed by atoms with Crippen molar-refractivity contribution in [3.8, 4) is 17.2 Å². The van der Waals surface area contributed by atoms with Crippen LogP contribution in [0, 0.1) is 0 Å². The van der Waals surface area contributed by atoms with Crippen molar-refractivity contribution in [1.29, 1.82) is 0 Å². The van der Waals surface area contributed by atoms with Crippen LogP contribution in [0.2, 0.25) is 0 Å². The van der Waals surface area contributed by atoms with Gasteiger partial charge < -0.3 is 9.84 Å². The first-order valence-corrected chi connectivity index (χ1v) is 12.4. The Labute approximate surface area is 180 Å². The molecule has 0 spiro atoms. The lowest BCUT2D eigenvalue weighted by atomic mass is 10.0. The van der Waals surface area contributed by atoms with Crippen LogP contribution in [0.25, 0.3) is 0 Å². The second-order valence-corrected chi connectivity index (χ2v) is 9.14. The zero-order valence-electron chi connectivity index (χ0n) is 17.8. The van der Waals surface area contributed by atoms with Crippen molar-refractivity contribution in [1.82, 2.24) is 0 Å². The van der Waals surface area contributed by atoms with Crippen LogP contribution >= 0.6 is 0 Å². The number of aryl methyl sites for hydroxylation is 1. The Hall–Kier alpha value is -2.05. The molecule has 0 aliphatic carbocycles. The molecule has 0 fully saturated rings. The van der Waals surface area contributed by atoms with Crippen LogP contribution in [-0.2, 0) is 16.5 Å². The number of phenolic OH excluding ortho intramolecular Hbond substituents is 1. The average Bonchev–Trinajstić information content (AvgIpc) is 2.71. The van der Waals surface area contributed by atoms with Crippen molar-refractivity contribution in [2.24, 2.45) is 0 Å². The van der Waals surface area contributed by atoms with Gasteiger partial charge in [-0.2, -0.15) is 8.42 Å². The van der Waals surface area contributed by atoms with Crippen molar-refractivity contribution >= 4 is 10.1 Å². The highest BCUT2D eigenvalue weighted by Gasteiger charge is 2.20. The minimum atomic E-state index is -4.55. The molecule has 0 radical (unpaired) electrons. The maximum Gasteiger partial charge on any atom is 0.298 e. The molecule has 166 valence electrons. The zero-order chi connectivity index (χ0) is 21.8. The third kappa shape index (κ3) is 8.36. The highest BCUT2D eigenvalue weighted by atomic mass is 32.2. The standard InChI is InChI=1S/C24H34O5S/c1-2-3-4-5-6-7-8-9-10-12-15-20-18-22(29-21-16-13-11-14-17-21)19-23(24(20)25)30(26,27)28/h11,13-14,16-19,25H,2-10,12,15H2,1H3,(H,26,27,28). The van der Waals surface area contributed by atoms with Crippen LogP contribution < -0.4 is 4.74 Å². The normalized spacial score (nSPS) is 11.5. The van der Waals surface area contributed by atoms with E-state index in [1.807, 2.05) is 18.2 Å². The molecule has 2 aromatic carbocycles. The Kier molecular flexibility index (Phi) is 10.2. The van der Waals surface area contributed by atoms with Crippen LogP contribution in [0.4, 0.5) is 0 Å². The molecule has 5 nitrogen and oxygen atoms in total. The number of rotatable bonds is 14. The minimum absolute atomic E-state index is 0.272. The molecular formula is C24H34O5S. The number of hydrogen-bond acceptors (Lipinski definition) is 4. The van der Waals surface area contributed by atoms with E-state index in [-0.39, 0.29) is 5.75 Å². The second kappa shape index (κ2) is 12.6. The van der Waals surface area contributed by atoms with Gasteiger partial charge in [-0.05, 0) is 36.6 Å². The summed E-state index contributed by atoms with van der Waals surface area (Å²) >= 11 is 0. The highest BCUT2D eigenvalue weighted by molar-refractivity contribution is 7.86. The lowest BCUT2D eigenvalue weighted by Gasteiger charge is -2.12. The van der Waals surface area contributed by atoms with Gasteiger partial charge >= 0.3 is 0 Å². The molecule has 0 atom stereocenters. The Morgan fingerprint density at radius 3 is 1.93 bits per heavy atom. The van der Waals surface area contributed by atoms with E-state index < -0.39 is 20.8 Å². The van der Waals surface area contributed by atoms with Gasteiger partial charge in [-0.25, -0.2) is 0 Å². The predicted octanol–water partition coefficient (Wildman–Crippen LogP) is 6.89. The number of phenols is 1. The summed E-state index contributed by atoms with van der Waals surface area (Å²) in [5.74, 6) is 0.428. The van der Waals surface area contributed by atoms with Gasteiger partial charge in [0.25, 0.3) is 10.1 Å². The molecule has 0 saturated heterocycles. The van der Waals surface area contributed by atoms with E-state index >= 15 is 0 Å². The first-order valence-electron chi connectivity index (χ1n) is 11.0. The van der Waals surface area contributed by atoms with Crippen LogP contribution in [-0.4, -0.2) is 18.1 Å². The fourth-order valence-corrected chi connectivity index (χ4v) is 4.15. The summed E-state index contributed by atoms with van der Waals surface area (Å²) < 4.78 is 38.6. The third-order valence-corrected chi connectivity index (χ3v) is 6.05. The Morgan fingerprint density at radius 2 is 1.37 bits per heavy atom. The van der Waals surface area contributed by atoms with Gasteiger partial charge in [-0.15, -0.1) is 0 Å². The van der Waals surface area contributed by atoms with Crippen LogP contribution in [0.3, 0.4) is 0 Å². The van der Waals surface area contributed by atoms with E-state index in [0.717, 1.165) is 25.3 Å². The first-order chi connectivity index (χ1) is 14.4. The lowest BCUT2D eigenvalue weighted by molar-refractivity contribution is 0.428. The zero-order valence-corrected chi connectivity index (χ0v) is 18.7. The lowest BCUT2D eigenvalue weighted by Crippen LogP contribution is -2.02. The molecule has 2 rings (SSSR count). The summed E-state index contributed by atoms with van der Waals surface area (Å²) in [6, 6.07) is 11.8. The fourth-order valence-electron chi connectivity index (χ4n) is 3.51. The molecule has 0 amide bonds. The van der Waals surface area contributed by atoms with Gasteiger partial charge in [0.05, 0.1) is 0 Å².